The van der Waals surface area contributed by atoms with E-state index in [2.05, 4.69) is 53.3 Å². The molecule has 2 rings (SSSR count). The minimum absolute atomic E-state index is 0.625. The molecule has 0 radical (unpaired) electrons. The lowest BCUT2D eigenvalue weighted by Crippen LogP contribution is -1.98. The van der Waals surface area contributed by atoms with Crippen LogP contribution in [0.25, 0.3) is 0 Å². The third-order valence-corrected chi connectivity index (χ3v) is 3.53. The Labute approximate surface area is 115 Å². The fourth-order valence-corrected chi connectivity index (χ4v) is 2.34. The van der Waals surface area contributed by atoms with E-state index in [4.69, 9.17) is 0 Å². The molecular formula is C15H13BrN2. The second-order valence-electron chi connectivity index (χ2n) is 4.17. The molecule has 2 aromatic rings. The molecule has 0 unspecified atom stereocenters. The molecule has 0 spiro atoms. The summed E-state index contributed by atoms with van der Waals surface area (Å²) in [5.41, 5.74) is 4.84. The maximum atomic E-state index is 9.20. The Morgan fingerprint density at radius 2 is 1.67 bits per heavy atom. The third-order valence-electron chi connectivity index (χ3n) is 2.87. The Hall–Kier alpha value is -1.79. The SMILES string of the molecule is Cc1cccc(C)c1Nc1cccc(Br)c1C#N. The van der Waals surface area contributed by atoms with E-state index in [9.17, 15) is 5.26 Å². The molecule has 0 amide bonds. The predicted octanol–water partition coefficient (Wildman–Crippen LogP) is 4.68. The van der Waals surface area contributed by atoms with E-state index >= 15 is 0 Å². The Morgan fingerprint density at radius 1 is 1.06 bits per heavy atom. The molecule has 1 N–H and O–H groups in total. The van der Waals surface area contributed by atoms with E-state index in [0.29, 0.717) is 5.56 Å². The molecule has 0 aliphatic rings. The average Bonchev–Trinajstić information content (AvgIpc) is 2.34. The summed E-state index contributed by atoms with van der Waals surface area (Å²) in [6.45, 7) is 4.11. The van der Waals surface area contributed by atoms with Gasteiger partial charge in [-0.25, -0.2) is 0 Å². The molecule has 0 saturated carbocycles. The molecule has 0 fully saturated rings. The lowest BCUT2D eigenvalue weighted by atomic mass is 10.1. The first-order chi connectivity index (χ1) is 8.63. The summed E-state index contributed by atoms with van der Waals surface area (Å²) in [6, 6.07) is 14.1. The summed E-state index contributed by atoms with van der Waals surface area (Å²) in [7, 11) is 0. The number of para-hydroxylation sites is 1. The van der Waals surface area contributed by atoms with E-state index in [0.717, 1.165) is 15.8 Å². The first-order valence-electron chi connectivity index (χ1n) is 5.65. The highest BCUT2D eigenvalue weighted by Crippen LogP contribution is 2.29. The molecule has 18 heavy (non-hydrogen) atoms. The van der Waals surface area contributed by atoms with Crippen LogP contribution in [0.4, 0.5) is 11.4 Å². The molecule has 0 aromatic heterocycles. The molecule has 0 aliphatic heterocycles. The largest absolute Gasteiger partial charge is 0.354 e. The quantitative estimate of drug-likeness (QED) is 0.874. The van der Waals surface area contributed by atoms with Gasteiger partial charge in [0.2, 0.25) is 0 Å². The van der Waals surface area contributed by atoms with Crippen molar-refractivity contribution in [3.63, 3.8) is 0 Å². The summed E-state index contributed by atoms with van der Waals surface area (Å²) >= 11 is 3.40. The van der Waals surface area contributed by atoms with Gasteiger partial charge in [-0.3, -0.25) is 0 Å². The van der Waals surface area contributed by atoms with Crippen LogP contribution in [0.2, 0.25) is 0 Å². The summed E-state index contributed by atoms with van der Waals surface area (Å²) < 4.78 is 0.807. The van der Waals surface area contributed by atoms with Gasteiger partial charge in [-0.15, -0.1) is 0 Å². The number of rotatable bonds is 2. The minimum atomic E-state index is 0.625. The molecular weight excluding hydrogens is 288 g/mol. The van der Waals surface area contributed by atoms with Crippen molar-refractivity contribution in [1.82, 2.24) is 0 Å². The monoisotopic (exact) mass is 300 g/mol. The Bertz CT molecular complexity index is 607. The van der Waals surface area contributed by atoms with Gasteiger partial charge in [0.25, 0.3) is 0 Å². The second-order valence-corrected chi connectivity index (χ2v) is 5.02. The molecule has 0 aliphatic carbocycles. The van der Waals surface area contributed by atoms with Crippen LogP contribution in [0.1, 0.15) is 16.7 Å². The van der Waals surface area contributed by atoms with Crippen molar-refractivity contribution in [2.24, 2.45) is 0 Å². The van der Waals surface area contributed by atoms with Crippen molar-refractivity contribution >= 4 is 27.3 Å². The number of hydrogen-bond donors (Lipinski definition) is 1. The van der Waals surface area contributed by atoms with Crippen molar-refractivity contribution in [3.8, 4) is 6.07 Å². The smallest absolute Gasteiger partial charge is 0.103 e. The van der Waals surface area contributed by atoms with Crippen molar-refractivity contribution in [3.05, 3.63) is 57.6 Å². The van der Waals surface area contributed by atoms with Gasteiger partial charge < -0.3 is 5.32 Å². The number of nitriles is 1. The first kappa shape index (κ1) is 12.7. The number of anilines is 2. The number of aryl methyl sites for hydroxylation is 2. The minimum Gasteiger partial charge on any atom is -0.354 e. The average molecular weight is 301 g/mol. The van der Waals surface area contributed by atoms with Gasteiger partial charge in [0.1, 0.15) is 6.07 Å². The number of halogens is 1. The Balaban J connectivity index is 2.48. The van der Waals surface area contributed by atoms with Gasteiger partial charge >= 0.3 is 0 Å². The summed E-state index contributed by atoms with van der Waals surface area (Å²) in [4.78, 5) is 0. The van der Waals surface area contributed by atoms with E-state index in [1.54, 1.807) is 0 Å². The van der Waals surface area contributed by atoms with Crippen molar-refractivity contribution in [1.29, 1.82) is 5.26 Å². The number of nitrogens with zero attached hydrogens (tertiary/aromatic N) is 1. The first-order valence-corrected chi connectivity index (χ1v) is 6.44. The van der Waals surface area contributed by atoms with E-state index in [1.165, 1.54) is 11.1 Å². The van der Waals surface area contributed by atoms with Gasteiger partial charge in [-0.1, -0.05) is 24.3 Å². The van der Waals surface area contributed by atoms with Crippen LogP contribution in [0.15, 0.2) is 40.9 Å². The molecule has 3 heteroatoms. The summed E-state index contributed by atoms with van der Waals surface area (Å²) in [6.07, 6.45) is 0. The molecule has 2 aromatic carbocycles. The lowest BCUT2D eigenvalue weighted by molar-refractivity contribution is 1.35. The lowest BCUT2D eigenvalue weighted by Gasteiger charge is -2.14. The predicted molar refractivity (Wildman–Crippen MR) is 78.1 cm³/mol. The van der Waals surface area contributed by atoms with Crippen molar-refractivity contribution in [2.45, 2.75) is 13.8 Å². The molecule has 0 bridgehead atoms. The fourth-order valence-electron chi connectivity index (χ4n) is 1.89. The van der Waals surface area contributed by atoms with Gasteiger partial charge in [-0.05, 0) is 53.0 Å². The third kappa shape index (κ3) is 2.39. The van der Waals surface area contributed by atoms with Crippen LogP contribution in [0, 0.1) is 25.2 Å². The van der Waals surface area contributed by atoms with Crippen LogP contribution < -0.4 is 5.32 Å². The highest BCUT2D eigenvalue weighted by Gasteiger charge is 2.08. The normalized spacial score (nSPS) is 9.89. The Morgan fingerprint density at radius 3 is 2.28 bits per heavy atom. The second kappa shape index (κ2) is 5.24. The Kier molecular flexibility index (Phi) is 3.69. The molecule has 0 heterocycles. The van der Waals surface area contributed by atoms with Gasteiger partial charge in [-0.2, -0.15) is 5.26 Å². The topological polar surface area (TPSA) is 35.8 Å². The maximum Gasteiger partial charge on any atom is 0.103 e. The van der Waals surface area contributed by atoms with Gasteiger partial charge in [0, 0.05) is 10.2 Å². The van der Waals surface area contributed by atoms with E-state index in [-0.39, 0.29) is 0 Å². The van der Waals surface area contributed by atoms with Gasteiger partial charge in [0.05, 0.1) is 11.3 Å². The fraction of sp³-hybridized carbons (Fsp3) is 0.133. The van der Waals surface area contributed by atoms with E-state index < -0.39 is 0 Å². The zero-order valence-corrected chi connectivity index (χ0v) is 11.9. The van der Waals surface area contributed by atoms with Crippen LogP contribution in [-0.4, -0.2) is 0 Å². The maximum absolute atomic E-state index is 9.20. The zero-order valence-electron chi connectivity index (χ0n) is 10.3. The van der Waals surface area contributed by atoms with E-state index in [1.807, 2.05) is 24.3 Å². The zero-order chi connectivity index (χ0) is 13.1. The van der Waals surface area contributed by atoms with Crippen molar-refractivity contribution < 1.29 is 0 Å². The van der Waals surface area contributed by atoms with Crippen LogP contribution in [-0.2, 0) is 0 Å². The number of hydrogen-bond acceptors (Lipinski definition) is 2. The van der Waals surface area contributed by atoms with Crippen LogP contribution in [0.5, 0.6) is 0 Å². The standard InChI is InChI=1S/C15H13BrN2/c1-10-5-3-6-11(2)15(10)18-14-8-4-7-13(16)12(14)9-17/h3-8,18H,1-2H3. The molecule has 90 valence electrons. The number of nitrogens with one attached hydrogen (secondary N) is 1. The highest BCUT2D eigenvalue weighted by atomic mass is 79.9. The molecule has 0 atom stereocenters. The molecule has 2 nitrogen and oxygen atoms in total. The summed E-state index contributed by atoms with van der Waals surface area (Å²) in [5, 5.41) is 12.5. The van der Waals surface area contributed by atoms with Crippen LogP contribution >= 0.6 is 15.9 Å². The number of benzene rings is 2. The molecule has 0 saturated heterocycles. The van der Waals surface area contributed by atoms with Crippen molar-refractivity contribution in [2.75, 3.05) is 5.32 Å². The van der Waals surface area contributed by atoms with Gasteiger partial charge in [0.15, 0.2) is 0 Å². The highest BCUT2D eigenvalue weighted by molar-refractivity contribution is 9.10. The van der Waals surface area contributed by atoms with Crippen LogP contribution in [0.3, 0.4) is 0 Å². The summed E-state index contributed by atoms with van der Waals surface area (Å²) in [5.74, 6) is 0.